The average Bonchev–Trinajstić information content (AvgIpc) is 2.90. The number of methoxy groups -OCH3 is 1. The molecular weight excluding hydrogens is 326 g/mol. The summed E-state index contributed by atoms with van der Waals surface area (Å²) in [5.41, 5.74) is -0.330. The summed E-state index contributed by atoms with van der Waals surface area (Å²) >= 11 is 2.64. The van der Waals surface area contributed by atoms with Crippen LogP contribution in [0.1, 0.15) is 15.2 Å². The summed E-state index contributed by atoms with van der Waals surface area (Å²) < 4.78 is 5.12. The molecule has 0 radical (unpaired) electrons. The van der Waals surface area contributed by atoms with Gasteiger partial charge in [-0.3, -0.25) is 20.2 Å². The first-order valence-electron chi connectivity index (χ1n) is 6.10. The predicted molar refractivity (Wildman–Crippen MR) is 86.2 cm³/mol. The van der Waals surface area contributed by atoms with Crippen molar-refractivity contribution in [2.75, 3.05) is 18.7 Å². The number of aryl methyl sites for hydroxylation is 1. The number of nitro benzene ring substituents is 1. The van der Waals surface area contributed by atoms with E-state index in [2.05, 4.69) is 10.3 Å². The Morgan fingerprint density at radius 1 is 1.50 bits per heavy atom. The second kappa shape index (κ2) is 6.75. The molecule has 0 aliphatic heterocycles. The zero-order chi connectivity index (χ0) is 16.3. The molecule has 0 aliphatic carbocycles. The lowest BCUT2D eigenvalue weighted by Crippen LogP contribution is -2.14. The van der Waals surface area contributed by atoms with E-state index in [9.17, 15) is 14.9 Å². The number of nitrogens with one attached hydrogen (secondary N) is 1. The maximum absolute atomic E-state index is 12.3. The van der Waals surface area contributed by atoms with Crippen molar-refractivity contribution in [1.29, 1.82) is 0 Å². The highest BCUT2D eigenvalue weighted by molar-refractivity contribution is 7.98. The lowest BCUT2D eigenvalue weighted by Gasteiger charge is -2.09. The van der Waals surface area contributed by atoms with Crippen molar-refractivity contribution in [3.8, 4) is 5.75 Å². The molecule has 0 fully saturated rings. The molecule has 0 unspecified atom stereocenters. The second-order valence-electron chi connectivity index (χ2n) is 4.21. The molecule has 2 aromatic rings. The maximum Gasteiger partial charge on any atom is 0.285 e. The Kier molecular flexibility index (Phi) is 4.99. The molecule has 0 aliphatic rings. The van der Waals surface area contributed by atoms with E-state index in [0.29, 0.717) is 15.8 Å². The number of benzene rings is 1. The SMILES string of the molecule is COc1cc([N+](=O)[O-])c(C(=O)Nc2ncc(C)s2)cc1SC. The summed E-state index contributed by atoms with van der Waals surface area (Å²) in [4.78, 5) is 28.5. The average molecular weight is 339 g/mol. The Balaban J connectivity index is 2.43. The molecule has 1 amide bonds. The number of nitro groups is 1. The first-order chi connectivity index (χ1) is 10.5. The maximum atomic E-state index is 12.3. The van der Waals surface area contributed by atoms with Gasteiger partial charge in [0.1, 0.15) is 11.3 Å². The van der Waals surface area contributed by atoms with Gasteiger partial charge in [-0.05, 0) is 19.2 Å². The summed E-state index contributed by atoms with van der Waals surface area (Å²) in [5, 5.41) is 14.2. The quantitative estimate of drug-likeness (QED) is 0.510. The van der Waals surface area contributed by atoms with E-state index >= 15 is 0 Å². The van der Waals surface area contributed by atoms with Gasteiger partial charge in [-0.15, -0.1) is 23.1 Å². The van der Waals surface area contributed by atoms with Crippen LogP contribution < -0.4 is 10.1 Å². The minimum Gasteiger partial charge on any atom is -0.495 e. The van der Waals surface area contributed by atoms with E-state index in [1.54, 1.807) is 12.5 Å². The number of hydrogen-bond donors (Lipinski definition) is 1. The van der Waals surface area contributed by atoms with Gasteiger partial charge in [0.05, 0.1) is 23.0 Å². The van der Waals surface area contributed by atoms with Gasteiger partial charge in [-0.2, -0.15) is 0 Å². The lowest BCUT2D eigenvalue weighted by molar-refractivity contribution is -0.385. The Labute approximate surface area is 134 Å². The molecule has 0 atom stereocenters. The number of amides is 1. The molecule has 1 heterocycles. The van der Waals surface area contributed by atoms with E-state index in [-0.39, 0.29) is 11.3 Å². The van der Waals surface area contributed by atoms with Gasteiger partial charge in [-0.1, -0.05) is 0 Å². The van der Waals surface area contributed by atoms with Crippen molar-refractivity contribution in [3.63, 3.8) is 0 Å². The van der Waals surface area contributed by atoms with Crippen LogP contribution >= 0.6 is 23.1 Å². The molecule has 1 aromatic carbocycles. The zero-order valence-electron chi connectivity index (χ0n) is 12.1. The second-order valence-corrected chi connectivity index (χ2v) is 6.29. The van der Waals surface area contributed by atoms with Gasteiger partial charge in [0.2, 0.25) is 0 Å². The van der Waals surface area contributed by atoms with Gasteiger partial charge in [0, 0.05) is 11.1 Å². The topological polar surface area (TPSA) is 94.4 Å². The minimum absolute atomic E-state index is 0.0250. The third kappa shape index (κ3) is 3.37. The summed E-state index contributed by atoms with van der Waals surface area (Å²) in [6.07, 6.45) is 3.42. The van der Waals surface area contributed by atoms with Crippen LogP contribution in [-0.4, -0.2) is 29.2 Å². The molecule has 0 saturated heterocycles. The van der Waals surface area contributed by atoms with Crippen molar-refractivity contribution >= 4 is 39.8 Å². The highest BCUT2D eigenvalue weighted by Gasteiger charge is 2.24. The number of carbonyl (C=O) groups is 1. The van der Waals surface area contributed by atoms with Crippen molar-refractivity contribution in [1.82, 2.24) is 4.98 Å². The fraction of sp³-hybridized carbons (Fsp3) is 0.231. The van der Waals surface area contributed by atoms with Crippen LogP contribution in [0.3, 0.4) is 0 Å². The molecule has 0 bridgehead atoms. The predicted octanol–water partition coefficient (Wildman–Crippen LogP) is 3.34. The molecule has 2 rings (SSSR count). The van der Waals surface area contributed by atoms with Crippen LogP contribution in [0.4, 0.5) is 10.8 Å². The first kappa shape index (κ1) is 16.2. The summed E-state index contributed by atoms with van der Waals surface area (Å²) in [5.74, 6) is -0.208. The molecular formula is C13H13N3O4S2. The number of nitrogens with zero attached hydrogens (tertiary/aromatic N) is 2. The number of ether oxygens (including phenoxy) is 1. The molecule has 1 aromatic heterocycles. The number of rotatable bonds is 5. The van der Waals surface area contributed by atoms with Gasteiger partial charge in [0.15, 0.2) is 5.13 Å². The Hall–Kier alpha value is -2.13. The van der Waals surface area contributed by atoms with E-state index < -0.39 is 10.8 Å². The van der Waals surface area contributed by atoms with Crippen molar-refractivity contribution < 1.29 is 14.5 Å². The summed E-state index contributed by atoms with van der Waals surface area (Å²) in [6, 6.07) is 2.71. The molecule has 1 N–H and O–H groups in total. The van der Waals surface area contributed by atoms with E-state index in [1.165, 1.54) is 42.3 Å². The van der Waals surface area contributed by atoms with Crippen LogP contribution in [0.15, 0.2) is 23.2 Å². The number of thioether (sulfide) groups is 1. The van der Waals surface area contributed by atoms with Crippen molar-refractivity contribution in [2.24, 2.45) is 0 Å². The van der Waals surface area contributed by atoms with E-state index in [4.69, 9.17) is 4.74 Å². The molecule has 9 heteroatoms. The molecule has 22 heavy (non-hydrogen) atoms. The fourth-order valence-electron chi connectivity index (χ4n) is 1.78. The Bertz CT molecular complexity index is 730. The van der Waals surface area contributed by atoms with Crippen LogP contribution in [0.25, 0.3) is 0 Å². The highest BCUT2D eigenvalue weighted by Crippen LogP contribution is 2.34. The van der Waals surface area contributed by atoms with Gasteiger partial charge >= 0.3 is 0 Å². The minimum atomic E-state index is -0.603. The number of hydrogen-bond acceptors (Lipinski definition) is 7. The summed E-state index contributed by atoms with van der Waals surface area (Å²) in [7, 11) is 1.43. The largest absolute Gasteiger partial charge is 0.495 e. The van der Waals surface area contributed by atoms with Crippen LogP contribution in [-0.2, 0) is 0 Å². The van der Waals surface area contributed by atoms with Crippen molar-refractivity contribution in [3.05, 3.63) is 38.9 Å². The third-order valence-electron chi connectivity index (χ3n) is 2.78. The van der Waals surface area contributed by atoms with Gasteiger partial charge in [-0.25, -0.2) is 4.98 Å². The fourth-order valence-corrected chi connectivity index (χ4v) is 3.02. The van der Waals surface area contributed by atoms with Gasteiger partial charge < -0.3 is 4.74 Å². The van der Waals surface area contributed by atoms with E-state index in [1.807, 2.05) is 6.92 Å². The number of thiazole rings is 1. The highest BCUT2D eigenvalue weighted by atomic mass is 32.2. The number of aromatic nitrogens is 1. The Morgan fingerprint density at radius 3 is 2.73 bits per heavy atom. The smallest absolute Gasteiger partial charge is 0.285 e. The monoisotopic (exact) mass is 339 g/mol. The van der Waals surface area contributed by atoms with Crippen LogP contribution in [0, 0.1) is 17.0 Å². The standard InChI is InChI=1S/C13H13N3O4S2/c1-7-6-14-13(22-7)15-12(17)8-4-11(21-3)10(20-2)5-9(8)16(18)19/h4-6H,1-3H3,(H,14,15,17). The number of anilines is 1. The van der Waals surface area contributed by atoms with Crippen LogP contribution in [0.2, 0.25) is 0 Å². The van der Waals surface area contributed by atoms with E-state index in [0.717, 1.165) is 4.88 Å². The van der Waals surface area contributed by atoms with Gasteiger partial charge in [0.25, 0.3) is 11.6 Å². The summed E-state index contributed by atoms with van der Waals surface area (Å²) in [6.45, 7) is 1.86. The zero-order valence-corrected chi connectivity index (χ0v) is 13.7. The molecule has 7 nitrogen and oxygen atoms in total. The number of carbonyl (C=O) groups excluding carboxylic acids is 1. The molecule has 0 spiro atoms. The molecule has 0 saturated carbocycles. The molecule has 116 valence electrons. The first-order valence-corrected chi connectivity index (χ1v) is 8.14. The third-order valence-corrected chi connectivity index (χ3v) is 4.37. The van der Waals surface area contributed by atoms with Crippen LogP contribution in [0.5, 0.6) is 5.75 Å². The Morgan fingerprint density at radius 2 is 2.23 bits per heavy atom. The van der Waals surface area contributed by atoms with Crippen molar-refractivity contribution in [2.45, 2.75) is 11.8 Å². The normalized spacial score (nSPS) is 10.3. The lowest BCUT2D eigenvalue weighted by atomic mass is 10.1.